The number of likely N-dealkylation sites (N-methyl/N-ethyl adjacent to an activating group) is 2. The lowest BCUT2D eigenvalue weighted by molar-refractivity contribution is 0.0796. The maximum atomic E-state index is 12.5. The highest BCUT2D eigenvalue weighted by Gasteiger charge is 2.20. The molecule has 0 bridgehead atoms. The van der Waals surface area contributed by atoms with Crippen molar-refractivity contribution < 1.29 is 4.79 Å². The number of carbonyl (C=O) groups is 1. The lowest BCUT2D eigenvalue weighted by Crippen LogP contribution is -2.33. The topological polar surface area (TPSA) is 50.2 Å². The molecule has 1 amide bonds. The lowest BCUT2D eigenvalue weighted by atomic mass is 10.2. The first kappa shape index (κ1) is 14.7. The van der Waals surface area contributed by atoms with Crippen LogP contribution in [0.15, 0.2) is 17.6 Å². The van der Waals surface area contributed by atoms with E-state index in [0.29, 0.717) is 6.54 Å². The number of aryl methyl sites for hydroxylation is 1. The summed E-state index contributed by atoms with van der Waals surface area (Å²) in [7, 11) is 3.71. The van der Waals surface area contributed by atoms with Crippen LogP contribution in [-0.4, -0.2) is 47.5 Å². The zero-order valence-electron chi connectivity index (χ0n) is 12.3. The third-order valence-electron chi connectivity index (χ3n) is 3.32. The molecule has 1 N–H and O–H groups in total. The van der Waals surface area contributed by atoms with Crippen molar-refractivity contribution in [2.75, 3.05) is 27.2 Å². The van der Waals surface area contributed by atoms with Gasteiger partial charge in [-0.15, -0.1) is 11.3 Å². The number of aromatic nitrogens is 2. The van der Waals surface area contributed by atoms with Crippen molar-refractivity contribution >= 4 is 17.2 Å². The molecule has 0 aliphatic rings. The molecule has 0 aliphatic heterocycles. The van der Waals surface area contributed by atoms with E-state index in [1.807, 2.05) is 44.0 Å². The Morgan fingerprint density at radius 2 is 2.25 bits per heavy atom. The van der Waals surface area contributed by atoms with Crippen molar-refractivity contribution in [1.82, 2.24) is 19.8 Å². The van der Waals surface area contributed by atoms with Gasteiger partial charge in [-0.25, -0.2) is 4.98 Å². The van der Waals surface area contributed by atoms with Gasteiger partial charge in [0.25, 0.3) is 5.91 Å². The standard InChI is InChI=1S/C14H20N4OS/c1-10-9-12(13(19)17(4)7-5-15-3)11(2)18(10)14-16-6-8-20-14/h6,8-9,15H,5,7H2,1-4H3. The van der Waals surface area contributed by atoms with Crippen LogP contribution in [-0.2, 0) is 0 Å². The van der Waals surface area contributed by atoms with E-state index in [1.165, 1.54) is 0 Å². The van der Waals surface area contributed by atoms with Crippen molar-refractivity contribution in [3.8, 4) is 5.13 Å². The highest BCUT2D eigenvalue weighted by atomic mass is 32.1. The SMILES string of the molecule is CNCCN(C)C(=O)c1cc(C)n(-c2nccs2)c1C. The Labute approximate surface area is 123 Å². The van der Waals surface area contributed by atoms with E-state index in [1.54, 1.807) is 22.4 Å². The third kappa shape index (κ3) is 2.76. The Kier molecular flexibility index (Phi) is 4.57. The number of nitrogens with one attached hydrogen (secondary N) is 1. The monoisotopic (exact) mass is 292 g/mol. The van der Waals surface area contributed by atoms with Crippen molar-refractivity contribution in [3.05, 3.63) is 34.6 Å². The van der Waals surface area contributed by atoms with Crippen LogP contribution in [0.1, 0.15) is 21.7 Å². The minimum absolute atomic E-state index is 0.0520. The van der Waals surface area contributed by atoms with Gasteiger partial charge in [-0.1, -0.05) is 0 Å². The summed E-state index contributed by atoms with van der Waals surface area (Å²) in [6.07, 6.45) is 1.78. The molecule has 20 heavy (non-hydrogen) atoms. The molecule has 2 aromatic heterocycles. The number of nitrogens with zero attached hydrogens (tertiary/aromatic N) is 3. The van der Waals surface area contributed by atoms with Gasteiger partial charge in [0.2, 0.25) is 0 Å². The average Bonchev–Trinajstić information content (AvgIpc) is 3.03. The van der Waals surface area contributed by atoms with Crippen LogP contribution >= 0.6 is 11.3 Å². The second kappa shape index (κ2) is 6.19. The summed E-state index contributed by atoms with van der Waals surface area (Å²) in [5, 5.41) is 5.89. The molecule has 0 radical (unpaired) electrons. The number of thiazole rings is 1. The summed E-state index contributed by atoms with van der Waals surface area (Å²) in [4.78, 5) is 18.5. The van der Waals surface area contributed by atoms with Crippen molar-refractivity contribution in [1.29, 1.82) is 0 Å². The maximum absolute atomic E-state index is 12.5. The molecule has 0 atom stereocenters. The molecular weight excluding hydrogens is 272 g/mol. The van der Waals surface area contributed by atoms with E-state index in [4.69, 9.17) is 0 Å². The van der Waals surface area contributed by atoms with Gasteiger partial charge in [0, 0.05) is 43.1 Å². The molecule has 5 nitrogen and oxygen atoms in total. The molecule has 0 saturated heterocycles. The van der Waals surface area contributed by atoms with Gasteiger partial charge in [0.1, 0.15) is 0 Å². The Balaban J connectivity index is 2.30. The number of amides is 1. The highest BCUT2D eigenvalue weighted by Crippen LogP contribution is 2.22. The summed E-state index contributed by atoms with van der Waals surface area (Å²) in [5.41, 5.74) is 2.72. The molecule has 2 rings (SSSR count). The molecule has 6 heteroatoms. The van der Waals surface area contributed by atoms with Crippen LogP contribution in [0, 0.1) is 13.8 Å². The van der Waals surface area contributed by atoms with Crippen molar-refractivity contribution in [3.63, 3.8) is 0 Å². The normalized spacial score (nSPS) is 10.8. The Hall–Kier alpha value is -1.66. The summed E-state index contributed by atoms with van der Waals surface area (Å²) in [6.45, 7) is 5.44. The van der Waals surface area contributed by atoms with Gasteiger partial charge < -0.3 is 10.2 Å². The Morgan fingerprint density at radius 1 is 1.50 bits per heavy atom. The predicted molar refractivity (Wildman–Crippen MR) is 81.8 cm³/mol. The number of carbonyl (C=O) groups excluding carboxylic acids is 1. The molecule has 0 spiro atoms. The summed E-state index contributed by atoms with van der Waals surface area (Å²) < 4.78 is 2.03. The molecule has 0 unspecified atom stereocenters. The van der Waals surface area contributed by atoms with Gasteiger partial charge >= 0.3 is 0 Å². The van der Waals surface area contributed by atoms with Crippen LogP contribution in [0.25, 0.3) is 5.13 Å². The van der Waals surface area contributed by atoms with E-state index < -0.39 is 0 Å². The molecule has 0 saturated carbocycles. The quantitative estimate of drug-likeness (QED) is 0.915. The summed E-state index contributed by atoms with van der Waals surface area (Å²) in [6, 6.07) is 1.94. The summed E-state index contributed by atoms with van der Waals surface area (Å²) >= 11 is 1.57. The Bertz CT molecular complexity index is 589. The van der Waals surface area contributed by atoms with E-state index in [-0.39, 0.29) is 5.91 Å². The van der Waals surface area contributed by atoms with Crippen LogP contribution in [0.2, 0.25) is 0 Å². The van der Waals surface area contributed by atoms with Crippen LogP contribution < -0.4 is 5.32 Å². The van der Waals surface area contributed by atoms with Gasteiger partial charge in [0.05, 0.1) is 5.56 Å². The fraction of sp³-hybridized carbons (Fsp3) is 0.429. The van der Waals surface area contributed by atoms with Gasteiger partial charge in [-0.3, -0.25) is 9.36 Å². The van der Waals surface area contributed by atoms with Crippen molar-refractivity contribution in [2.24, 2.45) is 0 Å². The molecule has 2 aromatic rings. The number of hydrogen-bond donors (Lipinski definition) is 1. The van der Waals surface area contributed by atoms with Crippen LogP contribution in [0.5, 0.6) is 0 Å². The second-order valence-electron chi connectivity index (χ2n) is 4.77. The average molecular weight is 292 g/mol. The zero-order chi connectivity index (χ0) is 14.7. The lowest BCUT2D eigenvalue weighted by Gasteiger charge is -2.16. The fourth-order valence-electron chi connectivity index (χ4n) is 2.19. The van der Waals surface area contributed by atoms with E-state index in [0.717, 1.165) is 28.6 Å². The minimum Gasteiger partial charge on any atom is -0.340 e. The molecule has 108 valence electrons. The first-order valence-electron chi connectivity index (χ1n) is 6.55. The predicted octanol–water partition coefficient (Wildman–Crippen LogP) is 1.84. The smallest absolute Gasteiger partial charge is 0.255 e. The molecular formula is C14H20N4OS. The van der Waals surface area contributed by atoms with Gasteiger partial charge in [-0.05, 0) is 27.0 Å². The zero-order valence-corrected chi connectivity index (χ0v) is 13.1. The maximum Gasteiger partial charge on any atom is 0.255 e. The van der Waals surface area contributed by atoms with Crippen molar-refractivity contribution in [2.45, 2.75) is 13.8 Å². The third-order valence-corrected chi connectivity index (χ3v) is 4.07. The Morgan fingerprint density at radius 3 is 2.85 bits per heavy atom. The first-order valence-corrected chi connectivity index (χ1v) is 7.43. The van der Waals surface area contributed by atoms with Gasteiger partial charge in [0.15, 0.2) is 5.13 Å². The number of rotatable bonds is 5. The summed E-state index contributed by atoms with van der Waals surface area (Å²) in [5.74, 6) is 0.0520. The molecule has 0 aliphatic carbocycles. The van der Waals surface area contributed by atoms with E-state index in [9.17, 15) is 4.79 Å². The fourth-order valence-corrected chi connectivity index (χ4v) is 2.94. The largest absolute Gasteiger partial charge is 0.340 e. The highest BCUT2D eigenvalue weighted by molar-refractivity contribution is 7.12. The minimum atomic E-state index is 0.0520. The first-order chi connectivity index (χ1) is 9.56. The molecule has 2 heterocycles. The van der Waals surface area contributed by atoms with E-state index in [2.05, 4.69) is 10.3 Å². The molecule has 0 fully saturated rings. The molecule has 0 aromatic carbocycles. The van der Waals surface area contributed by atoms with E-state index >= 15 is 0 Å². The van der Waals surface area contributed by atoms with Crippen LogP contribution in [0.3, 0.4) is 0 Å². The number of hydrogen-bond acceptors (Lipinski definition) is 4. The van der Waals surface area contributed by atoms with Gasteiger partial charge in [-0.2, -0.15) is 0 Å². The second-order valence-corrected chi connectivity index (χ2v) is 5.64. The van der Waals surface area contributed by atoms with Crippen LogP contribution in [0.4, 0.5) is 0 Å².